The van der Waals surface area contributed by atoms with E-state index in [9.17, 15) is 4.79 Å². The molecule has 1 heterocycles. The van der Waals surface area contributed by atoms with Gasteiger partial charge in [-0.25, -0.2) is 4.79 Å². The van der Waals surface area contributed by atoms with Crippen LogP contribution in [-0.2, 0) is 4.74 Å². The van der Waals surface area contributed by atoms with E-state index in [1.165, 1.54) is 5.57 Å². The third-order valence-electron chi connectivity index (χ3n) is 3.26. The van der Waals surface area contributed by atoms with Crippen molar-refractivity contribution in [2.75, 3.05) is 0 Å². The number of cyclic esters (lactones) is 1. The lowest BCUT2D eigenvalue weighted by atomic mass is 9.72. The summed E-state index contributed by atoms with van der Waals surface area (Å²) >= 11 is 0. The van der Waals surface area contributed by atoms with Gasteiger partial charge in [0.2, 0.25) is 0 Å². The molecule has 0 aromatic carbocycles. The van der Waals surface area contributed by atoms with Crippen molar-refractivity contribution in [1.82, 2.24) is 5.32 Å². The number of carbonyl (C=O) groups is 1. The Labute approximate surface area is 84.5 Å². The van der Waals surface area contributed by atoms with Crippen molar-refractivity contribution in [2.24, 2.45) is 5.92 Å². The van der Waals surface area contributed by atoms with E-state index in [-0.39, 0.29) is 18.1 Å². The molecule has 2 rings (SSSR count). The van der Waals surface area contributed by atoms with Gasteiger partial charge in [0.1, 0.15) is 5.60 Å². The normalized spacial score (nSPS) is 35.6. The summed E-state index contributed by atoms with van der Waals surface area (Å²) in [7, 11) is 0. The van der Waals surface area contributed by atoms with E-state index < -0.39 is 5.60 Å². The van der Waals surface area contributed by atoms with Gasteiger partial charge in [0.15, 0.2) is 0 Å². The Morgan fingerprint density at radius 2 is 2.29 bits per heavy atom. The molecule has 0 aromatic rings. The maximum atomic E-state index is 11.3. The zero-order valence-electron chi connectivity index (χ0n) is 8.80. The van der Waals surface area contributed by atoms with Gasteiger partial charge in [-0.05, 0) is 33.1 Å². The highest BCUT2D eigenvalue weighted by atomic mass is 16.6. The number of alkyl carbamates (subject to hydrolysis) is 1. The molecule has 2 unspecified atom stereocenters. The lowest BCUT2D eigenvalue weighted by molar-refractivity contribution is -0.0405. The van der Waals surface area contributed by atoms with Gasteiger partial charge >= 0.3 is 6.09 Å². The molecule has 0 bridgehead atoms. The molecule has 1 aliphatic heterocycles. The Morgan fingerprint density at radius 3 is 3.00 bits per heavy atom. The minimum atomic E-state index is -0.398. The molecule has 1 aliphatic carbocycles. The molecule has 1 saturated heterocycles. The molecule has 3 heteroatoms. The molecular weight excluding hydrogens is 178 g/mol. The summed E-state index contributed by atoms with van der Waals surface area (Å²) in [4.78, 5) is 11.3. The molecule has 0 radical (unpaired) electrons. The van der Waals surface area contributed by atoms with Crippen LogP contribution in [0.3, 0.4) is 0 Å². The first kappa shape index (κ1) is 9.56. The Hall–Kier alpha value is -0.990. The van der Waals surface area contributed by atoms with Crippen molar-refractivity contribution in [1.29, 1.82) is 0 Å². The van der Waals surface area contributed by atoms with Gasteiger partial charge in [0.05, 0.1) is 0 Å². The van der Waals surface area contributed by atoms with Gasteiger partial charge < -0.3 is 10.1 Å². The van der Waals surface area contributed by atoms with Crippen LogP contribution in [0.25, 0.3) is 0 Å². The molecule has 1 saturated carbocycles. The summed E-state index contributed by atoms with van der Waals surface area (Å²) in [5, 5.41) is 2.88. The predicted molar refractivity (Wildman–Crippen MR) is 54.0 cm³/mol. The van der Waals surface area contributed by atoms with Crippen LogP contribution in [0.4, 0.5) is 4.79 Å². The Balaban J connectivity index is 2.27. The number of hydrogen-bond donors (Lipinski definition) is 1. The van der Waals surface area contributed by atoms with Crippen molar-refractivity contribution in [3.63, 3.8) is 0 Å². The van der Waals surface area contributed by atoms with Crippen molar-refractivity contribution < 1.29 is 9.53 Å². The molecule has 1 amide bonds. The minimum absolute atomic E-state index is 0.229. The average molecular weight is 195 g/mol. The fourth-order valence-corrected chi connectivity index (χ4v) is 2.77. The molecule has 78 valence electrons. The third-order valence-corrected chi connectivity index (χ3v) is 3.26. The second-order valence-electron chi connectivity index (χ2n) is 4.77. The van der Waals surface area contributed by atoms with Crippen LogP contribution in [0.15, 0.2) is 12.2 Å². The zero-order valence-corrected chi connectivity index (χ0v) is 8.80. The van der Waals surface area contributed by atoms with Gasteiger partial charge in [-0.15, -0.1) is 0 Å². The number of rotatable bonds is 0. The first-order chi connectivity index (χ1) is 6.50. The van der Waals surface area contributed by atoms with E-state index >= 15 is 0 Å². The summed E-state index contributed by atoms with van der Waals surface area (Å²) in [6.07, 6.45) is 2.94. The molecule has 2 aliphatic rings. The van der Waals surface area contributed by atoms with E-state index in [1.807, 2.05) is 13.8 Å². The molecular formula is C11H17NO2. The van der Waals surface area contributed by atoms with Crippen LogP contribution in [0.1, 0.15) is 33.1 Å². The second kappa shape index (κ2) is 3.01. The first-order valence-electron chi connectivity index (χ1n) is 5.18. The van der Waals surface area contributed by atoms with E-state index in [0.29, 0.717) is 0 Å². The Kier molecular flexibility index (Phi) is 2.05. The zero-order chi connectivity index (χ0) is 10.3. The standard InChI is InChI=1S/C11H17NO2/c1-7-5-4-6-8-9(7)11(2,3)14-10(13)12-8/h8-9H,1,4-6H2,2-3H3,(H,12,13). The van der Waals surface area contributed by atoms with Gasteiger partial charge in [-0.3, -0.25) is 0 Å². The highest BCUT2D eigenvalue weighted by Gasteiger charge is 2.46. The quantitative estimate of drug-likeness (QED) is 0.602. The van der Waals surface area contributed by atoms with Crippen LogP contribution < -0.4 is 5.32 Å². The summed E-state index contributed by atoms with van der Waals surface area (Å²) in [5.74, 6) is 0.272. The largest absolute Gasteiger partial charge is 0.443 e. The molecule has 0 spiro atoms. The van der Waals surface area contributed by atoms with Crippen LogP contribution in [0.5, 0.6) is 0 Å². The fourth-order valence-electron chi connectivity index (χ4n) is 2.77. The van der Waals surface area contributed by atoms with Crippen molar-refractivity contribution in [2.45, 2.75) is 44.8 Å². The summed E-state index contributed by atoms with van der Waals surface area (Å²) in [6, 6.07) is 0.229. The SMILES string of the molecule is C=C1CCCC2NC(=O)OC(C)(C)C12. The highest BCUT2D eigenvalue weighted by Crippen LogP contribution is 2.40. The second-order valence-corrected chi connectivity index (χ2v) is 4.77. The van der Waals surface area contributed by atoms with E-state index in [4.69, 9.17) is 4.74 Å². The smallest absolute Gasteiger partial charge is 0.407 e. The van der Waals surface area contributed by atoms with Crippen molar-refractivity contribution in [3.8, 4) is 0 Å². The number of fused-ring (bicyclic) bond motifs is 1. The summed E-state index contributed by atoms with van der Waals surface area (Å²) < 4.78 is 5.30. The third kappa shape index (κ3) is 1.41. The molecule has 1 N–H and O–H groups in total. The molecule has 2 fully saturated rings. The van der Waals surface area contributed by atoms with E-state index in [0.717, 1.165) is 19.3 Å². The number of carbonyl (C=O) groups excluding carboxylic acids is 1. The van der Waals surface area contributed by atoms with Gasteiger partial charge in [-0.1, -0.05) is 12.2 Å². The van der Waals surface area contributed by atoms with E-state index in [2.05, 4.69) is 11.9 Å². The van der Waals surface area contributed by atoms with Crippen LogP contribution >= 0.6 is 0 Å². The lowest BCUT2D eigenvalue weighted by Crippen LogP contribution is -2.58. The molecule has 3 nitrogen and oxygen atoms in total. The first-order valence-corrected chi connectivity index (χ1v) is 5.18. The summed E-state index contributed by atoms with van der Waals surface area (Å²) in [5.41, 5.74) is 0.816. The Bertz CT molecular complexity index is 283. The number of amides is 1. The molecule has 2 atom stereocenters. The minimum Gasteiger partial charge on any atom is -0.443 e. The summed E-state index contributed by atoms with van der Waals surface area (Å²) in [6.45, 7) is 8.03. The number of ether oxygens (including phenoxy) is 1. The maximum Gasteiger partial charge on any atom is 0.407 e. The van der Waals surface area contributed by atoms with Gasteiger partial charge in [-0.2, -0.15) is 0 Å². The molecule has 14 heavy (non-hydrogen) atoms. The van der Waals surface area contributed by atoms with Gasteiger partial charge in [0, 0.05) is 12.0 Å². The van der Waals surface area contributed by atoms with Crippen LogP contribution in [0, 0.1) is 5.92 Å². The van der Waals surface area contributed by atoms with Crippen molar-refractivity contribution >= 4 is 6.09 Å². The highest BCUT2D eigenvalue weighted by molar-refractivity contribution is 5.69. The predicted octanol–water partition coefficient (Wildman–Crippen LogP) is 2.23. The van der Waals surface area contributed by atoms with Crippen molar-refractivity contribution in [3.05, 3.63) is 12.2 Å². The van der Waals surface area contributed by atoms with Crippen LogP contribution in [-0.4, -0.2) is 17.7 Å². The number of hydrogen-bond acceptors (Lipinski definition) is 2. The lowest BCUT2D eigenvalue weighted by Gasteiger charge is -2.46. The van der Waals surface area contributed by atoms with Gasteiger partial charge in [0.25, 0.3) is 0 Å². The Morgan fingerprint density at radius 1 is 1.57 bits per heavy atom. The monoisotopic (exact) mass is 195 g/mol. The maximum absolute atomic E-state index is 11.3. The fraction of sp³-hybridized carbons (Fsp3) is 0.727. The molecule has 0 aromatic heterocycles. The topological polar surface area (TPSA) is 38.3 Å². The van der Waals surface area contributed by atoms with E-state index in [1.54, 1.807) is 0 Å². The average Bonchev–Trinajstić information content (AvgIpc) is 2.00. The number of nitrogens with one attached hydrogen (secondary N) is 1. The van der Waals surface area contributed by atoms with Crippen LogP contribution in [0.2, 0.25) is 0 Å².